The van der Waals surface area contributed by atoms with E-state index < -0.39 is 23.7 Å². The molecule has 0 radical (unpaired) electrons. The van der Waals surface area contributed by atoms with Gasteiger partial charge >= 0.3 is 5.97 Å². The topological polar surface area (TPSA) is 72.9 Å². The molecule has 0 saturated carbocycles. The van der Waals surface area contributed by atoms with E-state index in [1.807, 2.05) is 0 Å². The van der Waals surface area contributed by atoms with Crippen LogP contribution < -0.4 is 4.74 Å². The number of benzene rings is 2. The minimum Gasteiger partial charge on any atom is -0.489 e. The predicted octanol–water partition coefficient (Wildman–Crippen LogP) is 3.61. The predicted molar refractivity (Wildman–Crippen MR) is 102 cm³/mol. The fraction of sp³-hybridized carbons (Fsp3) is 0.150. The van der Waals surface area contributed by atoms with Gasteiger partial charge in [0.2, 0.25) is 0 Å². The summed E-state index contributed by atoms with van der Waals surface area (Å²) in [6.45, 7) is -0.186. The van der Waals surface area contributed by atoms with E-state index in [4.69, 9.17) is 4.74 Å². The second kappa shape index (κ2) is 8.71. The van der Waals surface area contributed by atoms with Crippen molar-refractivity contribution in [2.45, 2.75) is 6.61 Å². The molecule has 0 atom stereocenters. The van der Waals surface area contributed by atoms with Crippen LogP contribution >= 0.6 is 11.8 Å². The zero-order chi connectivity index (χ0) is 20.1. The third kappa shape index (κ3) is 4.77. The number of carbonyl (C=O) groups excluding carboxylic acids is 3. The van der Waals surface area contributed by atoms with Crippen molar-refractivity contribution in [3.05, 3.63) is 70.4 Å². The molecule has 6 nitrogen and oxygen atoms in total. The summed E-state index contributed by atoms with van der Waals surface area (Å²) in [5, 5.41) is -0.517. The van der Waals surface area contributed by atoms with E-state index in [1.165, 1.54) is 19.2 Å². The van der Waals surface area contributed by atoms with Crippen LogP contribution in [0.25, 0.3) is 6.08 Å². The summed E-state index contributed by atoms with van der Waals surface area (Å²) in [5.41, 5.74) is 1.41. The first-order valence-corrected chi connectivity index (χ1v) is 9.07. The molecule has 1 heterocycles. The van der Waals surface area contributed by atoms with Crippen LogP contribution in [-0.4, -0.2) is 35.7 Å². The summed E-state index contributed by atoms with van der Waals surface area (Å²) in [6.07, 6.45) is 1.57. The van der Waals surface area contributed by atoms with Gasteiger partial charge in [-0.1, -0.05) is 24.3 Å². The number of rotatable bonds is 6. The smallest absolute Gasteiger partial charge is 0.325 e. The molecule has 0 unspecified atom stereocenters. The van der Waals surface area contributed by atoms with Gasteiger partial charge in [0.05, 0.1) is 12.0 Å². The highest BCUT2D eigenvalue weighted by atomic mass is 32.2. The molecule has 3 rings (SSSR count). The van der Waals surface area contributed by atoms with Crippen molar-refractivity contribution in [2.75, 3.05) is 13.7 Å². The molecule has 0 N–H and O–H groups in total. The SMILES string of the molecule is COC(=O)CN1C(=O)S/C(=C/c2ccc(OCc3cccc(F)c3)cc2)C1=O. The van der Waals surface area contributed by atoms with Crippen molar-refractivity contribution in [1.29, 1.82) is 0 Å². The van der Waals surface area contributed by atoms with Crippen LogP contribution in [0.5, 0.6) is 5.75 Å². The maximum absolute atomic E-state index is 13.2. The molecular formula is C20H16FNO5S. The van der Waals surface area contributed by atoms with Gasteiger partial charge in [-0.2, -0.15) is 0 Å². The highest BCUT2D eigenvalue weighted by Gasteiger charge is 2.36. The Morgan fingerprint density at radius 2 is 1.93 bits per heavy atom. The Morgan fingerprint density at radius 3 is 2.61 bits per heavy atom. The summed E-state index contributed by atoms with van der Waals surface area (Å²) < 4.78 is 23.3. The van der Waals surface area contributed by atoms with Crippen LogP contribution in [0, 0.1) is 5.82 Å². The third-order valence-corrected chi connectivity index (χ3v) is 4.77. The average molecular weight is 401 g/mol. The van der Waals surface area contributed by atoms with E-state index in [0.717, 1.165) is 16.7 Å². The molecule has 1 saturated heterocycles. The minimum absolute atomic E-state index is 0.224. The lowest BCUT2D eigenvalue weighted by molar-refractivity contribution is -0.143. The molecule has 28 heavy (non-hydrogen) atoms. The molecule has 8 heteroatoms. The van der Waals surface area contributed by atoms with Gasteiger partial charge in [-0.15, -0.1) is 0 Å². The van der Waals surface area contributed by atoms with E-state index in [1.54, 1.807) is 42.5 Å². The molecule has 2 aromatic rings. The zero-order valence-corrected chi connectivity index (χ0v) is 15.7. The lowest BCUT2D eigenvalue weighted by Crippen LogP contribution is -2.34. The molecule has 1 fully saturated rings. The van der Waals surface area contributed by atoms with E-state index in [-0.39, 0.29) is 17.3 Å². The number of esters is 1. The number of halogens is 1. The third-order valence-electron chi connectivity index (χ3n) is 3.86. The Bertz CT molecular complexity index is 942. The molecule has 0 bridgehead atoms. The Morgan fingerprint density at radius 1 is 1.18 bits per heavy atom. The summed E-state index contributed by atoms with van der Waals surface area (Å²) in [7, 11) is 1.19. The maximum Gasteiger partial charge on any atom is 0.325 e. The summed E-state index contributed by atoms with van der Waals surface area (Å²) in [5.74, 6) is -0.937. The molecule has 2 amide bonds. The molecule has 1 aliphatic rings. The van der Waals surface area contributed by atoms with Crippen molar-refractivity contribution in [3.8, 4) is 5.75 Å². The number of ether oxygens (including phenoxy) is 2. The average Bonchev–Trinajstić information content (AvgIpc) is 2.94. The fourth-order valence-electron chi connectivity index (χ4n) is 2.44. The van der Waals surface area contributed by atoms with Gasteiger partial charge in [0.25, 0.3) is 11.1 Å². The van der Waals surface area contributed by atoms with Crippen molar-refractivity contribution in [3.63, 3.8) is 0 Å². The van der Waals surface area contributed by atoms with Crippen LogP contribution in [0.3, 0.4) is 0 Å². The van der Waals surface area contributed by atoms with Gasteiger partial charge in [-0.3, -0.25) is 19.3 Å². The number of hydrogen-bond donors (Lipinski definition) is 0. The number of hydrogen-bond acceptors (Lipinski definition) is 6. The zero-order valence-electron chi connectivity index (χ0n) is 14.9. The summed E-state index contributed by atoms with van der Waals surface area (Å²) >= 11 is 0.766. The van der Waals surface area contributed by atoms with Gasteiger partial charge in [-0.05, 0) is 53.2 Å². The molecule has 0 spiro atoms. The van der Waals surface area contributed by atoms with Crippen molar-refractivity contribution in [1.82, 2.24) is 4.90 Å². The fourth-order valence-corrected chi connectivity index (χ4v) is 3.27. The van der Waals surface area contributed by atoms with E-state index in [9.17, 15) is 18.8 Å². The number of thioether (sulfide) groups is 1. The number of imide groups is 1. The molecule has 0 aromatic heterocycles. The Balaban J connectivity index is 1.64. The second-order valence-corrected chi connectivity index (χ2v) is 6.82. The first kappa shape index (κ1) is 19.6. The van der Waals surface area contributed by atoms with Crippen LogP contribution in [0.2, 0.25) is 0 Å². The number of methoxy groups -OCH3 is 1. The highest BCUT2D eigenvalue weighted by Crippen LogP contribution is 2.32. The molecule has 1 aliphatic heterocycles. The number of amides is 2. The molecule has 144 valence electrons. The van der Waals surface area contributed by atoms with Crippen molar-refractivity contribution < 1.29 is 28.2 Å². The standard InChI is InChI=1S/C20H16FNO5S/c1-26-18(23)11-22-19(24)17(28-20(22)25)10-13-5-7-16(8-6-13)27-12-14-3-2-4-15(21)9-14/h2-10H,11-12H2,1H3/b17-10+. The Hall–Kier alpha value is -3.13. The van der Waals surface area contributed by atoms with E-state index >= 15 is 0 Å². The first-order valence-electron chi connectivity index (χ1n) is 8.26. The summed E-state index contributed by atoms with van der Waals surface area (Å²) in [4.78, 5) is 36.6. The lowest BCUT2D eigenvalue weighted by Gasteiger charge is -2.09. The second-order valence-electron chi connectivity index (χ2n) is 5.83. The monoisotopic (exact) mass is 401 g/mol. The van der Waals surface area contributed by atoms with Gasteiger partial charge in [-0.25, -0.2) is 4.39 Å². The van der Waals surface area contributed by atoms with Crippen molar-refractivity contribution in [2.24, 2.45) is 0 Å². The minimum atomic E-state index is -0.664. The summed E-state index contributed by atoms with van der Waals surface area (Å²) in [6, 6.07) is 13.0. The Labute approximate surface area is 164 Å². The molecular weight excluding hydrogens is 385 g/mol. The van der Waals surface area contributed by atoms with E-state index in [2.05, 4.69) is 4.74 Å². The highest BCUT2D eigenvalue weighted by molar-refractivity contribution is 8.18. The van der Waals surface area contributed by atoms with Gasteiger partial charge < -0.3 is 9.47 Å². The van der Waals surface area contributed by atoms with Gasteiger partial charge in [0.1, 0.15) is 24.7 Å². The quantitative estimate of drug-likeness (QED) is 0.544. The Kier molecular flexibility index (Phi) is 6.10. The van der Waals surface area contributed by atoms with E-state index in [0.29, 0.717) is 16.9 Å². The number of carbonyl (C=O) groups is 3. The van der Waals surface area contributed by atoms with Crippen LogP contribution in [0.15, 0.2) is 53.4 Å². The lowest BCUT2D eigenvalue weighted by atomic mass is 10.2. The number of nitrogens with zero attached hydrogens (tertiary/aromatic N) is 1. The molecule has 2 aromatic carbocycles. The largest absolute Gasteiger partial charge is 0.489 e. The van der Waals surface area contributed by atoms with Crippen molar-refractivity contribution >= 4 is 35.0 Å². The van der Waals surface area contributed by atoms with Crippen LogP contribution in [0.1, 0.15) is 11.1 Å². The van der Waals surface area contributed by atoms with Gasteiger partial charge in [0.15, 0.2) is 0 Å². The normalized spacial score (nSPS) is 15.2. The maximum atomic E-state index is 13.2. The first-order chi connectivity index (χ1) is 13.5. The molecule has 0 aliphatic carbocycles. The van der Waals surface area contributed by atoms with Crippen LogP contribution in [-0.2, 0) is 20.9 Å². The van der Waals surface area contributed by atoms with Crippen LogP contribution in [0.4, 0.5) is 9.18 Å². The van der Waals surface area contributed by atoms with Gasteiger partial charge in [0, 0.05) is 0 Å².